The molecule has 6 nitrogen and oxygen atoms in total. The molecule has 1 saturated heterocycles. The van der Waals surface area contributed by atoms with Crippen molar-refractivity contribution in [2.24, 2.45) is 5.92 Å². The molecular formula is C17H23N5OS. The average molecular weight is 345 g/mol. The van der Waals surface area contributed by atoms with E-state index < -0.39 is 0 Å². The van der Waals surface area contributed by atoms with E-state index in [1.54, 1.807) is 4.90 Å². The summed E-state index contributed by atoms with van der Waals surface area (Å²) in [5, 5.41) is 3.41. The second-order valence-corrected chi connectivity index (χ2v) is 7.18. The Balaban J connectivity index is 1.63. The monoisotopic (exact) mass is 345 g/mol. The molecule has 0 bridgehead atoms. The third-order valence-corrected chi connectivity index (χ3v) is 5.18. The number of carbonyl (C=O) groups is 1. The lowest BCUT2D eigenvalue weighted by atomic mass is 9.93. The van der Waals surface area contributed by atoms with E-state index in [1.165, 1.54) is 11.5 Å². The number of hydrogen-bond donors (Lipinski definition) is 1. The van der Waals surface area contributed by atoms with Gasteiger partial charge in [-0.3, -0.25) is 5.32 Å². The van der Waals surface area contributed by atoms with Crippen molar-refractivity contribution < 1.29 is 4.79 Å². The van der Waals surface area contributed by atoms with Gasteiger partial charge in [0.2, 0.25) is 5.13 Å². The molecule has 2 aromatic rings. The Labute approximate surface area is 146 Å². The summed E-state index contributed by atoms with van der Waals surface area (Å²) < 4.78 is 4.33. The van der Waals surface area contributed by atoms with Crippen LogP contribution in [-0.2, 0) is 0 Å². The van der Waals surface area contributed by atoms with Crippen LogP contribution >= 0.6 is 11.5 Å². The Morgan fingerprint density at radius 2 is 2.12 bits per heavy atom. The third kappa shape index (κ3) is 3.73. The van der Waals surface area contributed by atoms with Crippen molar-refractivity contribution in [2.45, 2.75) is 19.4 Å². The van der Waals surface area contributed by atoms with Crippen molar-refractivity contribution in [1.29, 1.82) is 0 Å². The fourth-order valence-electron chi connectivity index (χ4n) is 3.23. The van der Waals surface area contributed by atoms with Gasteiger partial charge in [0.15, 0.2) is 5.82 Å². The highest BCUT2D eigenvalue weighted by Gasteiger charge is 2.30. The summed E-state index contributed by atoms with van der Waals surface area (Å²) in [6.45, 7) is 4.23. The van der Waals surface area contributed by atoms with Gasteiger partial charge in [0.05, 0.1) is 0 Å². The van der Waals surface area contributed by atoms with Crippen LogP contribution in [-0.4, -0.2) is 58.4 Å². The molecular weight excluding hydrogens is 322 g/mol. The molecule has 1 aliphatic rings. The number of hydrogen-bond acceptors (Lipinski definition) is 5. The van der Waals surface area contributed by atoms with Crippen LogP contribution in [0, 0.1) is 5.92 Å². The predicted octanol–water partition coefficient (Wildman–Crippen LogP) is 3.01. The van der Waals surface area contributed by atoms with E-state index in [0.717, 1.165) is 25.1 Å². The number of nitrogens with one attached hydrogen (secondary N) is 1. The van der Waals surface area contributed by atoms with Gasteiger partial charge in [-0.1, -0.05) is 37.3 Å². The predicted molar refractivity (Wildman–Crippen MR) is 97.2 cm³/mol. The van der Waals surface area contributed by atoms with E-state index in [2.05, 4.69) is 33.5 Å². The molecule has 2 atom stereocenters. The fraction of sp³-hybridized carbons (Fsp3) is 0.471. The van der Waals surface area contributed by atoms with E-state index in [1.807, 2.05) is 37.4 Å². The van der Waals surface area contributed by atoms with Gasteiger partial charge in [-0.2, -0.15) is 9.36 Å². The van der Waals surface area contributed by atoms with Gasteiger partial charge in [0, 0.05) is 36.7 Å². The first kappa shape index (κ1) is 16.9. The first-order chi connectivity index (χ1) is 11.5. The number of amides is 2. The van der Waals surface area contributed by atoms with Gasteiger partial charge in [-0.05, 0) is 25.9 Å². The maximum absolute atomic E-state index is 12.5. The van der Waals surface area contributed by atoms with Crippen molar-refractivity contribution in [3.8, 4) is 11.4 Å². The van der Waals surface area contributed by atoms with Crippen LogP contribution in [0.15, 0.2) is 30.3 Å². The lowest BCUT2D eigenvalue weighted by Gasteiger charge is -2.39. The molecule has 1 N–H and O–H groups in total. The molecule has 1 aromatic carbocycles. The normalized spacial score (nSPS) is 21.5. The van der Waals surface area contributed by atoms with E-state index >= 15 is 0 Å². The zero-order valence-electron chi connectivity index (χ0n) is 14.3. The Bertz CT molecular complexity index is 689. The summed E-state index contributed by atoms with van der Waals surface area (Å²) in [5.74, 6) is 1.10. The number of urea groups is 1. The minimum absolute atomic E-state index is 0.118. The Hall–Kier alpha value is -1.99. The highest BCUT2D eigenvalue weighted by Crippen LogP contribution is 2.23. The van der Waals surface area contributed by atoms with E-state index in [4.69, 9.17) is 0 Å². The molecule has 0 radical (unpaired) electrons. The van der Waals surface area contributed by atoms with Gasteiger partial charge >= 0.3 is 6.03 Å². The summed E-state index contributed by atoms with van der Waals surface area (Å²) in [4.78, 5) is 21.1. The van der Waals surface area contributed by atoms with Crippen LogP contribution in [0.4, 0.5) is 9.93 Å². The van der Waals surface area contributed by atoms with Gasteiger partial charge in [-0.15, -0.1) is 0 Å². The fourth-order valence-corrected chi connectivity index (χ4v) is 3.81. The molecule has 0 saturated carbocycles. The highest BCUT2D eigenvalue weighted by atomic mass is 32.1. The lowest BCUT2D eigenvalue weighted by Crippen LogP contribution is -2.50. The Morgan fingerprint density at radius 3 is 2.83 bits per heavy atom. The van der Waals surface area contributed by atoms with Crippen molar-refractivity contribution >= 4 is 22.7 Å². The molecule has 1 aromatic heterocycles. The number of anilines is 1. The van der Waals surface area contributed by atoms with Gasteiger partial charge < -0.3 is 9.80 Å². The topological polar surface area (TPSA) is 61.4 Å². The van der Waals surface area contributed by atoms with Crippen molar-refractivity contribution in [3.63, 3.8) is 0 Å². The number of likely N-dealkylation sites (tertiary alicyclic amines) is 1. The molecule has 1 fully saturated rings. The second kappa shape index (κ2) is 7.27. The number of benzene rings is 1. The molecule has 0 aliphatic carbocycles. The van der Waals surface area contributed by atoms with Gasteiger partial charge in [0.25, 0.3) is 0 Å². The summed E-state index contributed by atoms with van der Waals surface area (Å²) in [6.07, 6.45) is 0.993. The molecule has 3 rings (SSSR count). The Kier molecular flexibility index (Phi) is 5.11. The van der Waals surface area contributed by atoms with Crippen LogP contribution in [0.3, 0.4) is 0 Å². The smallest absolute Gasteiger partial charge is 0.323 e. The third-order valence-electron chi connectivity index (χ3n) is 4.55. The maximum Gasteiger partial charge on any atom is 0.323 e. The summed E-state index contributed by atoms with van der Waals surface area (Å²) in [7, 11) is 3.99. The van der Waals surface area contributed by atoms with Crippen molar-refractivity contribution in [1.82, 2.24) is 19.2 Å². The van der Waals surface area contributed by atoms with Crippen LogP contribution in [0.5, 0.6) is 0 Å². The molecule has 0 spiro atoms. The standard InChI is InChI=1S/C17H23N5OS/c1-12-11-21(2)10-9-14(12)22(3)17(23)19-16-18-15(20-24-16)13-7-5-4-6-8-13/h4-8,12,14H,9-11H2,1-3H3,(H,18,19,20,23)/t12-,14-/m1/s1. The number of rotatable bonds is 3. The second-order valence-electron chi connectivity index (χ2n) is 6.43. The molecule has 2 heterocycles. The van der Waals surface area contributed by atoms with Gasteiger partial charge in [0.1, 0.15) is 0 Å². The number of nitrogens with zero attached hydrogens (tertiary/aromatic N) is 4. The van der Waals surface area contributed by atoms with E-state index in [0.29, 0.717) is 16.9 Å². The molecule has 1 aliphatic heterocycles. The molecule has 0 unspecified atom stereocenters. The highest BCUT2D eigenvalue weighted by molar-refractivity contribution is 7.10. The maximum atomic E-state index is 12.5. The van der Waals surface area contributed by atoms with Crippen LogP contribution < -0.4 is 5.32 Å². The zero-order valence-corrected chi connectivity index (χ0v) is 15.1. The van der Waals surface area contributed by atoms with Crippen LogP contribution in [0.1, 0.15) is 13.3 Å². The first-order valence-corrected chi connectivity index (χ1v) is 8.93. The first-order valence-electron chi connectivity index (χ1n) is 8.16. The summed E-state index contributed by atoms with van der Waals surface area (Å²) in [6, 6.07) is 9.90. The zero-order chi connectivity index (χ0) is 17.1. The number of piperidine rings is 1. The van der Waals surface area contributed by atoms with E-state index in [-0.39, 0.29) is 12.1 Å². The van der Waals surface area contributed by atoms with Gasteiger partial charge in [-0.25, -0.2) is 4.79 Å². The van der Waals surface area contributed by atoms with Crippen LogP contribution in [0.25, 0.3) is 11.4 Å². The SMILES string of the molecule is C[C@@H]1CN(C)CC[C@H]1N(C)C(=O)Nc1nc(-c2ccccc2)ns1. The van der Waals surface area contributed by atoms with Crippen molar-refractivity contribution in [2.75, 3.05) is 32.5 Å². The molecule has 7 heteroatoms. The molecule has 24 heavy (non-hydrogen) atoms. The van der Waals surface area contributed by atoms with E-state index in [9.17, 15) is 4.79 Å². The van der Waals surface area contributed by atoms with Crippen LogP contribution in [0.2, 0.25) is 0 Å². The van der Waals surface area contributed by atoms with Crippen molar-refractivity contribution in [3.05, 3.63) is 30.3 Å². The summed E-state index contributed by atoms with van der Waals surface area (Å²) in [5.41, 5.74) is 0.951. The number of carbonyl (C=O) groups excluding carboxylic acids is 1. The average Bonchev–Trinajstić information content (AvgIpc) is 3.03. The summed E-state index contributed by atoms with van der Waals surface area (Å²) >= 11 is 1.21. The number of aromatic nitrogens is 2. The lowest BCUT2D eigenvalue weighted by molar-refractivity contribution is 0.113. The minimum Gasteiger partial charge on any atom is -0.324 e. The Morgan fingerprint density at radius 1 is 1.38 bits per heavy atom. The largest absolute Gasteiger partial charge is 0.324 e. The molecule has 2 amide bonds. The quantitative estimate of drug-likeness (QED) is 0.929. The molecule has 128 valence electrons. The minimum atomic E-state index is -0.118.